The highest BCUT2D eigenvalue weighted by Crippen LogP contribution is 2.40. The highest BCUT2D eigenvalue weighted by molar-refractivity contribution is 4.84. The second kappa shape index (κ2) is 7.97. The van der Waals surface area contributed by atoms with Gasteiger partial charge in [0.05, 0.1) is 0 Å². The van der Waals surface area contributed by atoms with E-state index in [2.05, 4.69) is 37.9 Å². The van der Waals surface area contributed by atoms with E-state index in [9.17, 15) is 0 Å². The molecule has 1 aliphatic carbocycles. The van der Waals surface area contributed by atoms with Crippen LogP contribution in [0, 0.1) is 17.3 Å². The fraction of sp³-hybridized carbons (Fsp3) is 1.00. The second-order valence-electron chi connectivity index (χ2n) is 8.58. The number of hydrogen-bond donors (Lipinski definition) is 1. The van der Waals surface area contributed by atoms with Gasteiger partial charge in [0.1, 0.15) is 0 Å². The highest BCUT2D eigenvalue weighted by atomic mass is 15.2. The molecule has 1 unspecified atom stereocenters. The highest BCUT2D eigenvalue weighted by Gasteiger charge is 2.31. The molecule has 1 heterocycles. The minimum atomic E-state index is 0.515. The summed E-state index contributed by atoms with van der Waals surface area (Å²) in [5.41, 5.74) is 0.515. The Bertz CT molecular complexity index is 280. The van der Waals surface area contributed by atoms with E-state index < -0.39 is 0 Å². The Morgan fingerprint density at radius 2 is 1.76 bits per heavy atom. The van der Waals surface area contributed by atoms with E-state index in [4.69, 9.17) is 0 Å². The Hall–Kier alpha value is -0.0800. The molecular formula is C19H38N2. The fourth-order valence-electron chi connectivity index (χ4n) is 4.40. The summed E-state index contributed by atoms with van der Waals surface area (Å²) in [6.45, 7) is 14.7. The van der Waals surface area contributed by atoms with Crippen LogP contribution in [-0.2, 0) is 0 Å². The molecule has 0 aromatic rings. The van der Waals surface area contributed by atoms with E-state index in [-0.39, 0.29) is 0 Å². The molecule has 0 spiro atoms. The summed E-state index contributed by atoms with van der Waals surface area (Å²) in [4.78, 5) is 2.81. The zero-order valence-electron chi connectivity index (χ0n) is 15.0. The number of rotatable bonds is 5. The molecule has 124 valence electrons. The average molecular weight is 295 g/mol. The molecule has 1 atom stereocenters. The molecule has 0 aromatic heterocycles. The first-order chi connectivity index (χ1) is 10.0. The van der Waals surface area contributed by atoms with Crippen molar-refractivity contribution in [2.45, 2.75) is 78.7 Å². The van der Waals surface area contributed by atoms with Crippen LogP contribution in [0.5, 0.6) is 0 Å². The smallest absolute Gasteiger partial charge is 0.0221 e. The first-order valence-corrected chi connectivity index (χ1v) is 9.45. The Labute approximate surface area is 133 Å². The molecule has 1 saturated heterocycles. The van der Waals surface area contributed by atoms with Crippen LogP contribution >= 0.6 is 0 Å². The van der Waals surface area contributed by atoms with Crippen molar-refractivity contribution < 1.29 is 0 Å². The molecule has 2 rings (SSSR count). The zero-order chi connectivity index (χ0) is 15.3. The predicted molar refractivity (Wildman–Crippen MR) is 92.7 cm³/mol. The quantitative estimate of drug-likeness (QED) is 0.813. The van der Waals surface area contributed by atoms with Crippen molar-refractivity contribution >= 4 is 0 Å². The predicted octanol–water partition coefficient (Wildman–Crippen LogP) is 4.30. The number of piperidine rings is 1. The topological polar surface area (TPSA) is 15.3 Å². The molecule has 1 N–H and O–H groups in total. The Balaban J connectivity index is 1.81. The van der Waals surface area contributed by atoms with E-state index in [1.165, 1.54) is 71.1 Å². The van der Waals surface area contributed by atoms with Gasteiger partial charge in [-0.25, -0.2) is 0 Å². The summed E-state index contributed by atoms with van der Waals surface area (Å²) < 4.78 is 0. The lowest BCUT2D eigenvalue weighted by Crippen LogP contribution is -2.48. The van der Waals surface area contributed by atoms with Gasteiger partial charge >= 0.3 is 0 Å². The van der Waals surface area contributed by atoms with Crippen LogP contribution < -0.4 is 5.32 Å². The monoisotopic (exact) mass is 294 g/mol. The van der Waals surface area contributed by atoms with Crippen molar-refractivity contribution in [3.8, 4) is 0 Å². The van der Waals surface area contributed by atoms with Gasteiger partial charge in [-0.3, -0.25) is 4.90 Å². The molecule has 0 bridgehead atoms. The van der Waals surface area contributed by atoms with Gasteiger partial charge in [-0.05, 0) is 75.3 Å². The third-order valence-electron chi connectivity index (χ3n) is 5.86. The van der Waals surface area contributed by atoms with Crippen LogP contribution in [-0.4, -0.2) is 37.1 Å². The molecule has 0 aromatic carbocycles. The van der Waals surface area contributed by atoms with Crippen LogP contribution in [0.25, 0.3) is 0 Å². The SMILES string of the molecule is CCCN(CC1CCC(C(C)(C)C)CC1)C1CCCNC1. The van der Waals surface area contributed by atoms with Gasteiger partial charge in [-0.2, -0.15) is 0 Å². The molecule has 1 saturated carbocycles. The van der Waals surface area contributed by atoms with E-state index in [1.807, 2.05) is 0 Å². The Kier molecular flexibility index (Phi) is 6.55. The molecule has 0 amide bonds. The summed E-state index contributed by atoms with van der Waals surface area (Å²) in [7, 11) is 0. The molecular weight excluding hydrogens is 256 g/mol. The van der Waals surface area contributed by atoms with Gasteiger partial charge in [-0.15, -0.1) is 0 Å². The van der Waals surface area contributed by atoms with Crippen LogP contribution in [0.3, 0.4) is 0 Å². The molecule has 0 radical (unpaired) electrons. The third kappa shape index (κ3) is 5.25. The van der Waals surface area contributed by atoms with Gasteiger partial charge < -0.3 is 5.32 Å². The Morgan fingerprint density at radius 1 is 1.05 bits per heavy atom. The van der Waals surface area contributed by atoms with Crippen LogP contribution in [0.15, 0.2) is 0 Å². The van der Waals surface area contributed by atoms with Crippen LogP contribution in [0.4, 0.5) is 0 Å². The lowest BCUT2D eigenvalue weighted by molar-refractivity contribution is 0.0966. The van der Waals surface area contributed by atoms with Crippen LogP contribution in [0.1, 0.15) is 72.6 Å². The number of nitrogens with one attached hydrogen (secondary N) is 1. The van der Waals surface area contributed by atoms with Gasteiger partial charge in [0.2, 0.25) is 0 Å². The first-order valence-electron chi connectivity index (χ1n) is 9.45. The lowest BCUT2D eigenvalue weighted by atomic mass is 9.70. The molecule has 2 heteroatoms. The van der Waals surface area contributed by atoms with Crippen molar-refractivity contribution in [3.63, 3.8) is 0 Å². The van der Waals surface area contributed by atoms with E-state index in [0.717, 1.165) is 17.9 Å². The van der Waals surface area contributed by atoms with Gasteiger partial charge in [-0.1, -0.05) is 27.7 Å². The van der Waals surface area contributed by atoms with E-state index in [0.29, 0.717) is 5.41 Å². The largest absolute Gasteiger partial charge is 0.315 e. The summed E-state index contributed by atoms with van der Waals surface area (Å²) in [5, 5.41) is 3.60. The lowest BCUT2D eigenvalue weighted by Gasteiger charge is -2.41. The summed E-state index contributed by atoms with van der Waals surface area (Å²) in [6, 6.07) is 0.805. The molecule has 1 aliphatic heterocycles. The standard InChI is InChI=1S/C19H38N2/c1-5-13-21(18-7-6-12-20-14-18)15-16-8-10-17(11-9-16)19(2,3)4/h16-18,20H,5-15H2,1-4H3. The summed E-state index contributed by atoms with van der Waals surface area (Å²) >= 11 is 0. The van der Waals surface area contributed by atoms with Crippen molar-refractivity contribution in [1.82, 2.24) is 10.2 Å². The maximum absolute atomic E-state index is 3.60. The van der Waals surface area contributed by atoms with Crippen molar-refractivity contribution in [1.29, 1.82) is 0 Å². The van der Waals surface area contributed by atoms with Gasteiger partial charge in [0.25, 0.3) is 0 Å². The van der Waals surface area contributed by atoms with E-state index >= 15 is 0 Å². The van der Waals surface area contributed by atoms with Crippen LogP contribution in [0.2, 0.25) is 0 Å². The normalized spacial score (nSPS) is 31.6. The minimum Gasteiger partial charge on any atom is -0.315 e. The van der Waals surface area contributed by atoms with Crippen molar-refractivity contribution in [2.75, 3.05) is 26.2 Å². The number of nitrogens with zero attached hydrogens (tertiary/aromatic N) is 1. The third-order valence-corrected chi connectivity index (χ3v) is 5.86. The fourth-order valence-corrected chi connectivity index (χ4v) is 4.40. The number of hydrogen-bond acceptors (Lipinski definition) is 2. The molecule has 2 aliphatic rings. The second-order valence-corrected chi connectivity index (χ2v) is 8.58. The summed E-state index contributed by atoms with van der Waals surface area (Å²) in [6.07, 6.45) is 9.90. The first kappa shape index (κ1) is 17.3. The maximum atomic E-state index is 3.60. The molecule has 2 nitrogen and oxygen atoms in total. The molecule has 2 fully saturated rings. The molecule has 21 heavy (non-hydrogen) atoms. The maximum Gasteiger partial charge on any atom is 0.0221 e. The van der Waals surface area contributed by atoms with Crippen molar-refractivity contribution in [3.05, 3.63) is 0 Å². The average Bonchev–Trinajstić information content (AvgIpc) is 2.47. The summed E-state index contributed by atoms with van der Waals surface area (Å²) in [5.74, 6) is 1.90. The van der Waals surface area contributed by atoms with Crippen molar-refractivity contribution in [2.24, 2.45) is 17.3 Å². The minimum absolute atomic E-state index is 0.515. The van der Waals surface area contributed by atoms with Gasteiger partial charge in [0, 0.05) is 19.1 Å². The van der Waals surface area contributed by atoms with Gasteiger partial charge in [0.15, 0.2) is 0 Å². The Morgan fingerprint density at radius 3 is 2.29 bits per heavy atom. The van der Waals surface area contributed by atoms with E-state index in [1.54, 1.807) is 0 Å². The zero-order valence-corrected chi connectivity index (χ0v) is 15.0.